The minimum atomic E-state index is 0.377. The van der Waals surface area contributed by atoms with Crippen LogP contribution >= 0.6 is 11.8 Å². The molecular formula is C9H19N5S. The van der Waals surface area contributed by atoms with Crippen LogP contribution in [0.1, 0.15) is 32.1 Å². The van der Waals surface area contributed by atoms with E-state index in [2.05, 4.69) is 34.7 Å². The van der Waals surface area contributed by atoms with E-state index in [0.29, 0.717) is 6.04 Å². The smallest absolute Gasteiger partial charge is 0.165 e. The summed E-state index contributed by atoms with van der Waals surface area (Å²) < 4.78 is 1.91. The minimum Gasteiger partial charge on any atom is -0.313 e. The second-order valence-corrected chi connectivity index (χ2v) is 4.80. The van der Waals surface area contributed by atoms with E-state index >= 15 is 0 Å². The summed E-state index contributed by atoms with van der Waals surface area (Å²) in [6.45, 7) is 5.06. The molecule has 0 bridgehead atoms. The van der Waals surface area contributed by atoms with Crippen molar-refractivity contribution in [2.75, 3.05) is 18.6 Å². The summed E-state index contributed by atoms with van der Waals surface area (Å²) in [5.74, 6) is 3.24. The highest BCUT2D eigenvalue weighted by molar-refractivity contribution is 7.99. The van der Waals surface area contributed by atoms with Crippen molar-refractivity contribution in [3.05, 3.63) is 5.82 Å². The number of thioether (sulfide) groups is 1. The van der Waals surface area contributed by atoms with Crippen LogP contribution < -0.4 is 5.32 Å². The Morgan fingerprint density at radius 1 is 1.53 bits per heavy atom. The van der Waals surface area contributed by atoms with Crippen LogP contribution in [-0.4, -0.2) is 38.8 Å². The quantitative estimate of drug-likeness (QED) is 0.709. The molecule has 15 heavy (non-hydrogen) atoms. The predicted molar refractivity (Wildman–Crippen MR) is 62.9 cm³/mol. The second kappa shape index (κ2) is 6.79. The SMILES string of the molecule is CCSCCC(C)n1nnnc1CNC. The molecule has 0 amide bonds. The lowest BCUT2D eigenvalue weighted by molar-refractivity contribution is 0.446. The van der Waals surface area contributed by atoms with E-state index < -0.39 is 0 Å². The first kappa shape index (κ1) is 12.4. The van der Waals surface area contributed by atoms with Gasteiger partial charge in [-0.05, 0) is 42.3 Å². The van der Waals surface area contributed by atoms with Crippen molar-refractivity contribution in [1.82, 2.24) is 25.5 Å². The molecule has 86 valence electrons. The van der Waals surface area contributed by atoms with Crippen molar-refractivity contribution < 1.29 is 0 Å². The second-order valence-electron chi connectivity index (χ2n) is 3.40. The third-order valence-electron chi connectivity index (χ3n) is 2.20. The van der Waals surface area contributed by atoms with Crippen LogP contribution in [0.25, 0.3) is 0 Å². The normalized spacial score (nSPS) is 13.0. The molecule has 0 spiro atoms. The molecule has 1 heterocycles. The van der Waals surface area contributed by atoms with Crippen molar-refractivity contribution in [3.8, 4) is 0 Å². The van der Waals surface area contributed by atoms with Gasteiger partial charge in [-0.15, -0.1) is 5.10 Å². The average molecular weight is 229 g/mol. The summed E-state index contributed by atoms with van der Waals surface area (Å²) in [7, 11) is 1.90. The van der Waals surface area contributed by atoms with Gasteiger partial charge in [-0.2, -0.15) is 11.8 Å². The van der Waals surface area contributed by atoms with E-state index in [-0.39, 0.29) is 0 Å². The van der Waals surface area contributed by atoms with Gasteiger partial charge < -0.3 is 5.32 Å². The lowest BCUT2D eigenvalue weighted by Gasteiger charge is -2.12. The fourth-order valence-corrected chi connectivity index (χ4v) is 2.15. The van der Waals surface area contributed by atoms with Crippen LogP contribution in [0.15, 0.2) is 0 Å². The molecule has 5 nitrogen and oxygen atoms in total. The molecule has 1 atom stereocenters. The summed E-state index contributed by atoms with van der Waals surface area (Å²) in [6, 6.07) is 0.377. The zero-order valence-electron chi connectivity index (χ0n) is 9.60. The maximum absolute atomic E-state index is 4.02. The Balaban J connectivity index is 2.48. The third-order valence-corrected chi connectivity index (χ3v) is 3.13. The summed E-state index contributed by atoms with van der Waals surface area (Å²) in [5, 5.41) is 14.8. The molecule has 6 heteroatoms. The first-order valence-electron chi connectivity index (χ1n) is 5.28. The van der Waals surface area contributed by atoms with Gasteiger partial charge in [0.25, 0.3) is 0 Å². The van der Waals surface area contributed by atoms with Gasteiger partial charge >= 0.3 is 0 Å². The van der Waals surface area contributed by atoms with Crippen molar-refractivity contribution in [2.24, 2.45) is 0 Å². The molecule has 0 aliphatic heterocycles. The highest BCUT2D eigenvalue weighted by Crippen LogP contribution is 2.14. The molecule has 1 rings (SSSR count). The molecule has 1 aromatic heterocycles. The van der Waals surface area contributed by atoms with Crippen LogP contribution in [0.4, 0.5) is 0 Å². The Morgan fingerprint density at radius 2 is 2.33 bits per heavy atom. The molecule has 0 aliphatic rings. The standard InChI is InChI=1S/C9H19N5S/c1-4-15-6-5-8(2)14-9(7-10-3)11-12-13-14/h8,10H,4-7H2,1-3H3. The minimum absolute atomic E-state index is 0.377. The number of rotatable bonds is 7. The maximum Gasteiger partial charge on any atom is 0.165 e. The van der Waals surface area contributed by atoms with Crippen LogP contribution in [-0.2, 0) is 6.54 Å². The average Bonchev–Trinajstić information content (AvgIpc) is 2.67. The zero-order valence-corrected chi connectivity index (χ0v) is 10.4. The van der Waals surface area contributed by atoms with Gasteiger partial charge in [0.1, 0.15) is 0 Å². The summed E-state index contributed by atoms with van der Waals surface area (Å²) in [6.07, 6.45) is 1.11. The number of hydrogen-bond donors (Lipinski definition) is 1. The highest BCUT2D eigenvalue weighted by Gasteiger charge is 2.11. The van der Waals surface area contributed by atoms with Crippen LogP contribution in [0.5, 0.6) is 0 Å². The molecule has 0 radical (unpaired) electrons. The summed E-state index contributed by atoms with van der Waals surface area (Å²) in [4.78, 5) is 0. The van der Waals surface area contributed by atoms with E-state index in [1.165, 1.54) is 5.75 Å². The molecule has 1 unspecified atom stereocenters. The van der Waals surface area contributed by atoms with Gasteiger partial charge in [0, 0.05) is 0 Å². The highest BCUT2D eigenvalue weighted by atomic mass is 32.2. The van der Waals surface area contributed by atoms with E-state index in [4.69, 9.17) is 0 Å². The topological polar surface area (TPSA) is 55.6 Å². The van der Waals surface area contributed by atoms with Gasteiger partial charge in [0.2, 0.25) is 0 Å². The van der Waals surface area contributed by atoms with Crippen molar-refractivity contribution in [1.29, 1.82) is 0 Å². The molecule has 1 aromatic rings. The molecule has 0 fully saturated rings. The largest absolute Gasteiger partial charge is 0.313 e. The van der Waals surface area contributed by atoms with Crippen molar-refractivity contribution >= 4 is 11.8 Å². The number of aromatic nitrogens is 4. The Labute approximate surface area is 95.0 Å². The predicted octanol–water partition coefficient (Wildman–Crippen LogP) is 1.10. The summed E-state index contributed by atoms with van der Waals surface area (Å²) in [5.41, 5.74) is 0. The summed E-state index contributed by atoms with van der Waals surface area (Å²) >= 11 is 1.96. The van der Waals surface area contributed by atoms with Crippen LogP contribution in [0.3, 0.4) is 0 Å². The van der Waals surface area contributed by atoms with Gasteiger partial charge in [-0.25, -0.2) is 4.68 Å². The number of hydrogen-bond acceptors (Lipinski definition) is 5. The lowest BCUT2D eigenvalue weighted by Crippen LogP contribution is -2.16. The fraction of sp³-hybridized carbons (Fsp3) is 0.889. The third kappa shape index (κ3) is 3.79. The first-order chi connectivity index (χ1) is 7.29. The van der Waals surface area contributed by atoms with E-state index in [1.807, 2.05) is 23.5 Å². The van der Waals surface area contributed by atoms with Gasteiger partial charge in [0.05, 0.1) is 12.6 Å². The zero-order chi connectivity index (χ0) is 11.1. The van der Waals surface area contributed by atoms with E-state index in [1.54, 1.807) is 0 Å². The van der Waals surface area contributed by atoms with Gasteiger partial charge in [-0.3, -0.25) is 0 Å². The number of tetrazole rings is 1. The van der Waals surface area contributed by atoms with Gasteiger partial charge in [-0.1, -0.05) is 6.92 Å². The Morgan fingerprint density at radius 3 is 3.00 bits per heavy atom. The Kier molecular flexibility index (Phi) is 5.63. The molecule has 1 N–H and O–H groups in total. The monoisotopic (exact) mass is 229 g/mol. The first-order valence-corrected chi connectivity index (χ1v) is 6.44. The van der Waals surface area contributed by atoms with E-state index in [9.17, 15) is 0 Å². The fourth-order valence-electron chi connectivity index (χ4n) is 1.35. The molecule has 0 aromatic carbocycles. The Hall–Kier alpha value is -0.620. The molecular weight excluding hydrogens is 210 g/mol. The van der Waals surface area contributed by atoms with Crippen molar-refractivity contribution in [3.63, 3.8) is 0 Å². The Bertz CT molecular complexity index is 275. The van der Waals surface area contributed by atoms with Gasteiger partial charge in [0.15, 0.2) is 5.82 Å². The number of nitrogens with one attached hydrogen (secondary N) is 1. The lowest BCUT2D eigenvalue weighted by atomic mass is 10.2. The molecule has 0 saturated carbocycles. The van der Waals surface area contributed by atoms with Crippen molar-refractivity contribution in [2.45, 2.75) is 32.9 Å². The maximum atomic E-state index is 4.02. The van der Waals surface area contributed by atoms with Crippen LogP contribution in [0.2, 0.25) is 0 Å². The molecule has 0 aliphatic carbocycles. The van der Waals surface area contributed by atoms with Crippen LogP contribution in [0, 0.1) is 0 Å². The molecule has 0 saturated heterocycles. The number of nitrogens with zero attached hydrogens (tertiary/aromatic N) is 4. The van der Waals surface area contributed by atoms with E-state index in [0.717, 1.165) is 24.5 Å².